The molecule has 0 saturated carbocycles. The van der Waals surface area contributed by atoms with Crippen molar-refractivity contribution < 1.29 is 15.0 Å². The molecule has 0 radical (unpaired) electrons. The maximum absolute atomic E-state index is 11.4. The Bertz CT molecular complexity index is 583. The van der Waals surface area contributed by atoms with Gasteiger partial charge in [0.2, 0.25) is 5.88 Å². The minimum atomic E-state index is -1.38. The zero-order valence-electron chi connectivity index (χ0n) is 8.04. The smallest absolute Gasteiger partial charge is 0.358 e. The quantitative estimate of drug-likeness (QED) is 0.689. The van der Waals surface area contributed by atoms with Gasteiger partial charge in [-0.3, -0.25) is 4.98 Å². The number of imidazole rings is 1. The van der Waals surface area contributed by atoms with E-state index in [0.717, 1.165) is 4.57 Å². The molecule has 3 N–H and O–H groups in total. The summed E-state index contributed by atoms with van der Waals surface area (Å²) in [6.07, 6.45) is 0. The largest absolute Gasteiger partial charge is 0.492 e. The second-order valence-corrected chi connectivity index (χ2v) is 3.10. The second kappa shape index (κ2) is 3.58. The van der Waals surface area contributed by atoms with Gasteiger partial charge >= 0.3 is 11.7 Å². The maximum atomic E-state index is 11.4. The topological polar surface area (TPSA) is 95.3 Å². The summed E-state index contributed by atoms with van der Waals surface area (Å²) < 4.78 is 0.892. The average molecular weight is 220 g/mol. The van der Waals surface area contributed by atoms with Gasteiger partial charge < -0.3 is 10.2 Å². The standard InChI is InChI=1S/C10H8N2O4/c13-8-7(9(14)15)11-10(16)12(8)6-4-2-1-3-5-6/h1-5,13H,(H,11,16)(H,14,15). The predicted octanol–water partition coefficient (Wildman–Crippen LogP) is 0.569. The number of para-hydroxylation sites is 1. The molecule has 6 heteroatoms. The van der Waals surface area contributed by atoms with Gasteiger partial charge in [0.1, 0.15) is 0 Å². The van der Waals surface area contributed by atoms with Crippen LogP contribution in [0.15, 0.2) is 35.1 Å². The van der Waals surface area contributed by atoms with E-state index >= 15 is 0 Å². The Hall–Kier alpha value is -2.50. The Balaban J connectivity index is 2.68. The van der Waals surface area contributed by atoms with E-state index in [4.69, 9.17) is 5.11 Å². The number of carbonyl (C=O) groups is 1. The first-order valence-corrected chi connectivity index (χ1v) is 4.44. The van der Waals surface area contributed by atoms with Crippen molar-refractivity contribution in [3.63, 3.8) is 0 Å². The van der Waals surface area contributed by atoms with Crippen molar-refractivity contribution in [3.8, 4) is 11.6 Å². The molecule has 0 atom stereocenters. The molecule has 0 amide bonds. The average Bonchev–Trinajstić information content (AvgIpc) is 2.56. The molecule has 2 rings (SSSR count). The summed E-state index contributed by atoms with van der Waals surface area (Å²) in [6.45, 7) is 0. The molecular formula is C10H8N2O4. The highest BCUT2D eigenvalue weighted by atomic mass is 16.4. The second-order valence-electron chi connectivity index (χ2n) is 3.10. The summed E-state index contributed by atoms with van der Waals surface area (Å²) in [6, 6.07) is 8.26. The van der Waals surface area contributed by atoms with Crippen LogP contribution < -0.4 is 5.69 Å². The van der Waals surface area contributed by atoms with E-state index in [-0.39, 0.29) is 0 Å². The van der Waals surface area contributed by atoms with Crippen LogP contribution in [-0.2, 0) is 0 Å². The number of nitrogens with zero attached hydrogens (tertiary/aromatic N) is 1. The number of hydrogen-bond donors (Lipinski definition) is 3. The Morgan fingerprint density at radius 1 is 1.25 bits per heavy atom. The molecule has 6 nitrogen and oxygen atoms in total. The van der Waals surface area contributed by atoms with Crippen LogP contribution in [0.2, 0.25) is 0 Å². The Morgan fingerprint density at radius 2 is 1.88 bits per heavy atom. The molecule has 0 spiro atoms. The SMILES string of the molecule is O=C(O)c1[nH]c(=O)n(-c2ccccc2)c1O. The third kappa shape index (κ3) is 1.46. The van der Waals surface area contributed by atoms with Gasteiger partial charge in [0.05, 0.1) is 5.69 Å². The number of carboxylic acid groups (broad SMARTS) is 1. The van der Waals surface area contributed by atoms with Crippen LogP contribution in [0, 0.1) is 0 Å². The molecule has 16 heavy (non-hydrogen) atoms. The summed E-state index contributed by atoms with van der Waals surface area (Å²) >= 11 is 0. The number of nitrogens with one attached hydrogen (secondary N) is 1. The lowest BCUT2D eigenvalue weighted by Gasteiger charge is -2.01. The highest BCUT2D eigenvalue weighted by Crippen LogP contribution is 2.17. The zero-order chi connectivity index (χ0) is 11.7. The van der Waals surface area contributed by atoms with Gasteiger partial charge in [-0.15, -0.1) is 0 Å². The van der Waals surface area contributed by atoms with Gasteiger partial charge in [-0.05, 0) is 12.1 Å². The molecule has 1 aromatic heterocycles. The predicted molar refractivity (Wildman–Crippen MR) is 55.0 cm³/mol. The number of hydrogen-bond acceptors (Lipinski definition) is 3. The first kappa shape index (κ1) is 10.0. The first-order valence-electron chi connectivity index (χ1n) is 4.44. The molecule has 1 aromatic carbocycles. The molecule has 0 fully saturated rings. The summed E-state index contributed by atoms with van der Waals surface area (Å²) in [5, 5.41) is 18.3. The van der Waals surface area contributed by atoms with E-state index in [0.29, 0.717) is 5.69 Å². The fourth-order valence-electron chi connectivity index (χ4n) is 1.39. The molecule has 82 valence electrons. The molecule has 0 aliphatic heterocycles. The molecule has 0 saturated heterocycles. The summed E-state index contributed by atoms with van der Waals surface area (Å²) in [5.74, 6) is -1.99. The number of benzene rings is 1. The molecule has 2 aromatic rings. The lowest BCUT2D eigenvalue weighted by Crippen LogP contribution is -2.14. The van der Waals surface area contributed by atoms with Crippen molar-refractivity contribution in [3.05, 3.63) is 46.5 Å². The van der Waals surface area contributed by atoms with Crippen molar-refractivity contribution >= 4 is 5.97 Å². The van der Waals surface area contributed by atoms with Crippen molar-refractivity contribution in [2.24, 2.45) is 0 Å². The number of H-pyrrole nitrogens is 1. The fraction of sp³-hybridized carbons (Fsp3) is 0. The van der Waals surface area contributed by atoms with Crippen LogP contribution in [0.25, 0.3) is 5.69 Å². The van der Waals surface area contributed by atoms with E-state index in [1.807, 2.05) is 0 Å². The lowest BCUT2D eigenvalue weighted by molar-refractivity contribution is 0.0687. The summed E-state index contributed by atoms with van der Waals surface area (Å²) in [5.41, 5.74) is -0.816. The van der Waals surface area contributed by atoms with Crippen molar-refractivity contribution in [1.82, 2.24) is 9.55 Å². The minimum Gasteiger partial charge on any atom is -0.492 e. The van der Waals surface area contributed by atoms with Crippen molar-refractivity contribution in [2.45, 2.75) is 0 Å². The van der Waals surface area contributed by atoms with Crippen LogP contribution in [0.3, 0.4) is 0 Å². The van der Waals surface area contributed by atoms with Crippen LogP contribution >= 0.6 is 0 Å². The van der Waals surface area contributed by atoms with Gasteiger partial charge in [-0.25, -0.2) is 14.2 Å². The van der Waals surface area contributed by atoms with E-state index in [1.54, 1.807) is 30.3 Å². The van der Waals surface area contributed by atoms with E-state index in [2.05, 4.69) is 4.98 Å². The zero-order valence-corrected chi connectivity index (χ0v) is 8.04. The molecule has 1 heterocycles. The number of aromatic nitrogens is 2. The van der Waals surface area contributed by atoms with Crippen LogP contribution in [0.5, 0.6) is 5.88 Å². The van der Waals surface area contributed by atoms with Crippen LogP contribution in [0.4, 0.5) is 0 Å². The number of aromatic carboxylic acids is 1. The van der Waals surface area contributed by atoms with Gasteiger partial charge in [0.25, 0.3) is 0 Å². The highest BCUT2D eigenvalue weighted by Gasteiger charge is 2.19. The minimum absolute atomic E-state index is 0.397. The van der Waals surface area contributed by atoms with E-state index < -0.39 is 23.2 Å². The Morgan fingerprint density at radius 3 is 2.38 bits per heavy atom. The number of rotatable bonds is 2. The van der Waals surface area contributed by atoms with Crippen LogP contribution in [-0.4, -0.2) is 25.7 Å². The third-order valence-electron chi connectivity index (χ3n) is 2.10. The monoisotopic (exact) mass is 220 g/mol. The molecule has 0 unspecified atom stereocenters. The van der Waals surface area contributed by atoms with Gasteiger partial charge in [0.15, 0.2) is 5.69 Å². The highest BCUT2D eigenvalue weighted by molar-refractivity contribution is 5.88. The molecule has 0 aliphatic rings. The summed E-state index contributed by atoms with van der Waals surface area (Å²) in [7, 11) is 0. The number of aromatic amines is 1. The molecular weight excluding hydrogens is 212 g/mol. The molecule has 0 bridgehead atoms. The maximum Gasteiger partial charge on any atom is 0.358 e. The summed E-state index contributed by atoms with van der Waals surface area (Å²) in [4.78, 5) is 24.2. The van der Waals surface area contributed by atoms with E-state index in [9.17, 15) is 14.7 Å². The number of carboxylic acids is 1. The Kier molecular flexibility index (Phi) is 2.24. The fourth-order valence-corrected chi connectivity index (χ4v) is 1.39. The molecule has 0 aliphatic carbocycles. The van der Waals surface area contributed by atoms with Gasteiger partial charge in [0, 0.05) is 0 Å². The van der Waals surface area contributed by atoms with Gasteiger partial charge in [-0.1, -0.05) is 18.2 Å². The lowest BCUT2D eigenvalue weighted by atomic mass is 10.3. The van der Waals surface area contributed by atoms with Crippen LogP contribution in [0.1, 0.15) is 10.5 Å². The van der Waals surface area contributed by atoms with Crippen molar-refractivity contribution in [2.75, 3.05) is 0 Å². The van der Waals surface area contributed by atoms with Gasteiger partial charge in [-0.2, -0.15) is 0 Å². The van der Waals surface area contributed by atoms with E-state index in [1.165, 1.54) is 0 Å². The normalized spacial score (nSPS) is 10.2. The first-order chi connectivity index (χ1) is 7.61. The van der Waals surface area contributed by atoms with Crippen molar-refractivity contribution in [1.29, 1.82) is 0 Å². The Labute approximate surface area is 89.4 Å². The number of aromatic hydroxyl groups is 1. The third-order valence-corrected chi connectivity index (χ3v) is 2.10.